The van der Waals surface area contributed by atoms with Gasteiger partial charge in [-0.2, -0.15) is 0 Å². The van der Waals surface area contributed by atoms with Gasteiger partial charge in [0.15, 0.2) is 0 Å². The second-order valence-electron chi connectivity index (χ2n) is 12.0. The number of hydrogen-bond acceptors (Lipinski definition) is 5. The van der Waals surface area contributed by atoms with Crippen LogP contribution in [0.1, 0.15) is 56.2 Å². The molecule has 3 N–H and O–H groups in total. The normalized spacial score (nSPS) is 15.9. The number of benzene rings is 4. The largest absolute Gasteiger partial charge is 0.459 e. The lowest BCUT2D eigenvalue weighted by Gasteiger charge is -2.30. The van der Waals surface area contributed by atoms with E-state index in [2.05, 4.69) is 20.9 Å². The summed E-state index contributed by atoms with van der Waals surface area (Å²) in [6, 6.07) is 23.4. The zero-order valence-electron chi connectivity index (χ0n) is 26.1. The summed E-state index contributed by atoms with van der Waals surface area (Å²) in [5.74, 6) is -1.66. The van der Waals surface area contributed by atoms with Crippen LogP contribution in [0.15, 0.2) is 84.9 Å². The Morgan fingerprint density at radius 3 is 2.46 bits per heavy atom. The zero-order chi connectivity index (χ0) is 33.6. The summed E-state index contributed by atoms with van der Waals surface area (Å²) in [5.41, 5.74) is 5.76. The van der Waals surface area contributed by atoms with Crippen LogP contribution >= 0.6 is 23.2 Å². The van der Waals surface area contributed by atoms with Gasteiger partial charge in [-0.1, -0.05) is 89.9 Å². The molecule has 0 radical (unpaired) electrons. The van der Waals surface area contributed by atoms with Crippen LogP contribution in [0.3, 0.4) is 0 Å². The van der Waals surface area contributed by atoms with E-state index in [0.717, 1.165) is 40.7 Å². The van der Waals surface area contributed by atoms with Crippen molar-refractivity contribution in [3.63, 3.8) is 0 Å². The van der Waals surface area contributed by atoms with Crippen molar-refractivity contribution in [2.24, 2.45) is 0 Å². The Morgan fingerprint density at radius 1 is 0.917 bits per heavy atom. The number of amides is 3. The number of esters is 1. The van der Waals surface area contributed by atoms with E-state index in [-0.39, 0.29) is 40.6 Å². The van der Waals surface area contributed by atoms with Crippen molar-refractivity contribution in [3.8, 4) is 0 Å². The lowest BCUT2D eigenvalue weighted by molar-refractivity contribution is -0.147. The maximum Gasteiger partial charge on any atom is 0.330 e. The lowest BCUT2D eigenvalue weighted by atomic mass is 9.96. The molecule has 0 bridgehead atoms. The number of carbonyl (C=O) groups is 3. The van der Waals surface area contributed by atoms with Gasteiger partial charge in [0.05, 0.1) is 28.2 Å². The molecule has 2 atom stereocenters. The fourth-order valence-electron chi connectivity index (χ4n) is 6.27. The van der Waals surface area contributed by atoms with Crippen LogP contribution < -0.4 is 16.0 Å². The average molecular weight is 690 g/mol. The van der Waals surface area contributed by atoms with Crippen LogP contribution in [0.4, 0.5) is 9.18 Å². The third-order valence-electron chi connectivity index (χ3n) is 8.75. The van der Waals surface area contributed by atoms with Crippen molar-refractivity contribution in [1.82, 2.24) is 20.9 Å². The van der Waals surface area contributed by atoms with Crippen molar-refractivity contribution < 1.29 is 23.5 Å². The maximum absolute atomic E-state index is 13.7. The predicted molar refractivity (Wildman–Crippen MR) is 182 cm³/mol. The van der Waals surface area contributed by atoms with Gasteiger partial charge in [0, 0.05) is 19.6 Å². The second-order valence-corrected chi connectivity index (χ2v) is 12.8. The molecule has 0 spiro atoms. The van der Waals surface area contributed by atoms with Gasteiger partial charge < -0.3 is 20.7 Å². The molecule has 0 saturated heterocycles. The lowest BCUT2D eigenvalue weighted by Crippen LogP contribution is -2.51. The molecular weight excluding hydrogens is 654 g/mol. The Hall–Kier alpha value is -4.44. The Morgan fingerprint density at radius 2 is 1.67 bits per heavy atom. The van der Waals surface area contributed by atoms with E-state index < -0.39 is 23.9 Å². The van der Waals surface area contributed by atoms with Gasteiger partial charge in [-0.25, -0.2) is 14.0 Å². The van der Waals surface area contributed by atoms with Crippen molar-refractivity contribution in [2.75, 3.05) is 13.1 Å². The molecule has 4 aromatic rings. The van der Waals surface area contributed by atoms with E-state index >= 15 is 0 Å². The van der Waals surface area contributed by atoms with Gasteiger partial charge in [0.25, 0.3) is 5.91 Å². The molecule has 0 saturated carbocycles. The first-order chi connectivity index (χ1) is 23.2. The van der Waals surface area contributed by atoms with Gasteiger partial charge in [-0.3, -0.25) is 9.69 Å². The molecule has 248 valence electrons. The van der Waals surface area contributed by atoms with E-state index in [1.165, 1.54) is 17.7 Å². The maximum atomic E-state index is 13.7. The third-order valence-corrected chi connectivity index (χ3v) is 9.46. The molecule has 48 heavy (non-hydrogen) atoms. The Bertz CT molecular complexity index is 1810. The van der Waals surface area contributed by atoms with E-state index in [9.17, 15) is 18.8 Å². The minimum Gasteiger partial charge on any atom is -0.459 e. The van der Waals surface area contributed by atoms with E-state index in [1.54, 1.807) is 18.2 Å². The Labute approximate surface area is 288 Å². The molecule has 0 aromatic heterocycles. The topological polar surface area (TPSA) is 99.8 Å². The first-order valence-electron chi connectivity index (χ1n) is 15.9. The minimum absolute atomic E-state index is 0.00806. The highest BCUT2D eigenvalue weighted by Gasteiger charge is 2.30. The highest BCUT2D eigenvalue weighted by molar-refractivity contribution is 6.40. The molecule has 2 aliphatic rings. The molecule has 3 amide bonds. The molecule has 1 aliphatic heterocycles. The minimum atomic E-state index is -1.22. The molecule has 8 nitrogen and oxygen atoms in total. The van der Waals surface area contributed by atoms with E-state index in [1.807, 2.05) is 54.6 Å². The number of aryl methyl sites for hydroxylation is 1. The van der Waals surface area contributed by atoms with Crippen LogP contribution in [0, 0.1) is 5.82 Å². The smallest absolute Gasteiger partial charge is 0.330 e. The molecule has 1 aliphatic carbocycles. The highest BCUT2D eigenvalue weighted by Crippen LogP contribution is 2.35. The fourth-order valence-corrected chi connectivity index (χ4v) is 7.03. The number of rotatable bonds is 10. The van der Waals surface area contributed by atoms with Gasteiger partial charge in [0.2, 0.25) is 0 Å². The molecule has 1 heterocycles. The molecule has 6 rings (SSSR count). The third kappa shape index (κ3) is 7.98. The van der Waals surface area contributed by atoms with Crippen LogP contribution in [-0.4, -0.2) is 41.9 Å². The van der Waals surface area contributed by atoms with E-state index in [4.69, 9.17) is 27.9 Å². The summed E-state index contributed by atoms with van der Waals surface area (Å²) >= 11 is 13.5. The van der Waals surface area contributed by atoms with Crippen molar-refractivity contribution in [3.05, 3.63) is 140 Å². The number of carbonyl (C=O) groups excluding carboxylic acids is 3. The number of urea groups is 1. The average Bonchev–Trinajstić information content (AvgIpc) is 3.49. The number of nitrogens with one attached hydrogen (secondary N) is 3. The standard InChI is InChI=1S/C37H35Cl2FN4O4/c38-30-18-26-21-44(20-23-10-13-27(40)14-11-23)17-16-29(26)34(39)33(30)35(45)42-32(36(46)48-22-24-6-2-1-3-7-24)19-41-37(47)43-31-15-12-25-8-4-5-9-28(25)31/h1-11,13-14,18,31-32H,12,15-17,19-22H2,(H,42,45)(H2,41,43,47)/t31-,32+/m1/s1. The molecule has 11 heteroatoms. The van der Waals surface area contributed by atoms with Gasteiger partial charge in [0.1, 0.15) is 18.5 Å². The number of ether oxygens (including phenoxy) is 1. The van der Waals surface area contributed by atoms with Crippen LogP contribution in [0.25, 0.3) is 0 Å². The van der Waals surface area contributed by atoms with Crippen LogP contribution in [-0.2, 0) is 42.1 Å². The van der Waals surface area contributed by atoms with Crippen LogP contribution in [0.5, 0.6) is 0 Å². The summed E-state index contributed by atoms with van der Waals surface area (Å²) in [5, 5.41) is 8.76. The van der Waals surface area contributed by atoms with Crippen molar-refractivity contribution in [2.45, 2.75) is 51.0 Å². The monoisotopic (exact) mass is 688 g/mol. The molecule has 0 unspecified atom stereocenters. The van der Waals surface area contributed by atoms with Crippen molar-refractivity contribution >= 4 is 41.1 Å². The second kappa shape index (κ2) is 15.2. The number of fused-ring (bicyclic) bond motifs is 2. The molecule has 4 aromatic carbocycles. The number of halogens is 3. The van der Waals surface area contributed by atoms with E-state index in [0.29, 0.717) is 26.1 Å². The van der Waals surface area contributed by atoms with Gasteiger partial charge in [-0.05, 0) is 70.8 Å². The first-order valence-corrected chi connectivity index (χ1v) is 16.6. The zero-order valence-corrected chi connectivity index (χ0v) is 27.6. The molecule has 0 fully saturated rings. The number of hydrogen-bond donors (Lipinski definition) is 3. The van der Waals surface area contributed by atoms with Crippen LogP contribution in [0.2, 0.25) is 10.0 Å². The Kier molecular flexibility index (Phi) is 10.6. The fraction of sp³-hybridized carbons (Fsp3) is 0.270. The summed E-state index contributed by atoms with van der Waals surface area (Å²) in [6.45, 7) is 1.61. The molecular formula is C37H35Cl2FN4O4. The highest BCUT2D eigenvalue weighted by atomic mass is 35.5. The van der Waals surface area contributed by atoms with Gasteiger partial charge >= 0.3 is 12.0 Å². The summed E-state index contributed by atoms with van der Waals surface area (Å²) in [7, 11) is 0. The van der Waals surface area contributed by atoms with Crippen molar-refractivity contribution in [1.29, 1.82) is 0 Å². The Balaban J connectivity index is 1.14. The summed E-state index contributed by atoms with van der Waals surface area (Å²) in [6.07, 6.45) is 2.20. The SMILES string of the molecule is O=C(NC[C@H](NC(=O)c1c(Cl)cc2c(c1Cl)CCN(Cc1ccc(F)cc1)C2)C(=O)OCc1ccccc1)N[C@@H]1CCc2ccccc21. The predicted octanol–water partition coefficient (Wildman–Crippen LogP) is 6.52. The summed E-state index contributed by atoms with van der Waals surface area (Å²) < 4.78 is 18.9. The summed E-state index contributed by atoms with van der Waals surface area (Å²) in [4.78, 5) is 42.2. The number of nitrogens with zero attached hydrogens (tertiary/aromatic N) is 1. The first kappa shape index (κ1) is 33.5. The quantitative estimate of drug-likeness (QED) is 0.165. The van der Waals surface area contributed by atoms with Gasteiger partial charge in [-0.15, -0.1) is 0 Å².